The predicted octanol–water partition coefficient (Wildman–Crippen LogP) is 3.38. The molecule has 1 N–H and O–H groups in total. The normalized spacial score (nSPS) is 36.9. The molecule has 0 bridgehead atoms. The number of carboxylic acids is 1. The number of aliphatic carboxylic acids is 1. The zero-order chi connectivity index (χ0) is 21.6. The molecule has 0 spiro atoms. The molecular weight excluding hydrogens is 376 g/mol. The van der Waals surface area contributed by atoms with Crippen LogP contribution >= 0.6 is 0 Å². The minimum atomic E-state index is -1.30. The first-order chi connectivity index (χ1) is 13.6. The van der Waals surface area contributed by atoms with E-state index in [1.807, 2.05) is 13.8 Å². The molecule has 0 amide bonds. The van der Waals surface area contributed by atoms with Gasteiger partial charge >= 0.3 is 17.9 Å². The molecule has 2 aliphatic carbocycles. The molecule has 3 aliphatic rings. The summed E-state index contributed by atoms with van der Waals surface area (Å²) in [4.78, 5) is 37.5. The lowest BCUT2D eigenvalue weighted by molar-refractivity contribution is -0.245. The van der Waals surface area contributed by atoms with Gasteiger partial charge in [-0.25, -0.2) is 9.59 Å². The average molecular weight is 406 g/mol. The fourth-order valence-corrected chi connectivity index (χ4v) is 5.35. The van der Waals surface area contributed by atoms with Crippen LogP contribution in [0.1, 0.15) is 60.3 Å². The van der Waals surface area contributed by atoms with Crippen LogP contribution < -0.4 is 0 Å². The summed E-state index contributed by atoms with van der Waals surface area (Å²) in [6, 6.07) is 0. The lowest BCUT2D eigenvalue weighted by Crippen LogP contribution is -2.61. The summed E-state index contributed by atoms with van der Waals surface area (Å²) in [7, 11) is 0. The van der Waals surface area contributed by atoms with Gasteiger partial charge < -0.3 is 19.3 Å². The Labute approximate surface area is 171 Å². The number of carbonyl (C=O) groups is 3. The molecule has 7 nitrogen and oxygen atoms in total. The minimum Gasteiger partial charge on any atom is -0.481 e. The fraction of sp³-hybridized carbons (Fsp3) is 0.682. The van der Waals surface area contributed by atoms with Crippen LogP contribution in [0.15, 0.2) is 22.8 Å². The predicted molar refractivity (Wildman–Crippen MR) is 104 cm³/mol. The maximum absolute atomic E-state index is 12.7. The smallest absolute Gasteiger partial charge is 0.336 e. The second kappa shape index (κ2) is 7.59. The first kappa shape index (κ1) is 21.6. The Balaban J connectivity index is 2.20. The number of carboxylic acid groups (broad SMARTS) is 1. The summed E-state index contributed by atoms with van der Waals surface area (Å²) in [5, 5.41) is 9.98. The van der Waals surface area contributed by atoms with E-state index < -0.39 is 41.1 Å². The number of ether oxygens (including phenoxy) is 3. The Morgan fingerprint density at radius 3 is 2.62 bits per heavy atom. The maximum atomic E-state index is 12.7. The van der Waals surface area contributed by atoms with E-state index in [4.69, 9.17) is 14.2 Å². The van der Waals surface area contributed by atoms with Gasteiger partial charge in [0.15, 0.2) is 0 Å². The molecule has 0 aromatic heterocycles. The minimum absolute atomic E-state index is 0.130. The number of hydrogen-bond donors (Lipinski definition) is 1. The van der Waals surface area contributed by atoms with Gasteiger partial charge in [-0.05, 0) is 46.5 Å². The third kappa shape index (κ3) is 3.19. The highest BCUT2D eigenvalue weighted by Gasteiger charge is 2.67. The van der Waals surface area contributed by atoms with E-state index in [2.05, 4.69) is 0 Å². The highest BCUT2D eigenvalue weighted by molar-refractivity contribution is 5.93. The number of rotatable bonds is 5. The molecule has 5 atom stereocenters. The highest BCUT2D eigenvalue weighted by Crippen LogP contribution is 2.61. The van der Waals surface area contributed by atoms with Crippen molar-refractivity contribution in [3.8, 4) is 0 Å². The van der Waals surface area contributed by atoms with Gasteiger partial charge in [-0.2, -0.15) is 0 Å². The lowest BCUT2D eigenvalue weighted by Gasteiger charge is -2.56. The van der Waals surface area contributed by atoms with Crippen LogP contribution in [0.5, 0.6) is 0 Å². The van der Waals surface area contributed by atoms with Crippen LogP contribution in [0.25, 0.3) is 0 Å². The van der Waals surface area contributed by atoms with Crippen molar-refractivity contribution in [3.05, 3.63) is 22.8 Å². The molecule has 7 heteroatoms. The van der Waals surface area contributed by atoms with Crippen LogP contribution in [-0.2, 0) is 28.6 Å². The van der Waals surface area contributed by atoms with Crippen molar-refractivity contribution < 1.29 is 33.7 Å². The second-order valence-electron chi connectivity index (χ2n) is 8.46. The molecule has 0 radical (unpaired) electrons. The Hall–Kier alpha value is -2.15. The van der Waals surface area contributed by atoms with Gasteiger partial charge in [-0.15, -0.1) is 0 Å². The standard InChI is InChI=1S/C22H30O7/c1-6-12(3)19(25)28-17-16-13(4)20(26)29-22(16,27-7-2)11-14-9-8-10-15(18(23)24)21(14,17)5/h6,14-15,17H,7-11H2,1-5H3,(H,23,24)/b12-6-/t14-,15-,17-,21+,22-/m1/s1. The zero-order valence-electron chi connectivity index (χ0n) is 17.7. The Morgan fingerprint density at radius 1 is 1.34 bits per heavy atom. The monoisotopic (exact) mass is 406 g/mol. The van der Waals surface area contributed by atoms with E-state index in [1.165, 1.54) is 0 Å². The Bertz CT molecular complexity index is 795. The van der Waals surface area contributed by atoms with Crippen molar-refractivity contribution in [2.24, 2.45) is 17.3 Å². The van der Waals surface area contributed by atoms with Crippen molar-refractivity contribution in [2.45, 2.75) is 72.2 Å². The number of allylic oxidation sites excluding steroid dienone is 1. The molecule has 0 aromatic carbocycles. The van der Waals surface area contributed by atoms with Crippen molar-refractivity contribution in [1.82, 2.24) is 0 Å². The number of hydrogen-bond acceptors (Lipinski definition) is 6. The Kier molecular flexibility index (Phi) is 5.64. The molecule has 0 unspecified atom stereocenters. The van der Waals surface area contributed by atoms with Crippen molar-refractivity contribution >= 4 is 17.9 Å². The Morgan fingerprint density at radius 2 is 2.03 bits per heavy atom. The number of fused-ring (bicyclic) bond motifs is 2. The van der Waals surface area contributed by atoms with E-state index in [0.717, 1.165) is 12.8 Å². The quantitative estimate of drug-likeness (QED) is 0.552. The van der Waals surface area contributed by atoms with Gasteiger partial charge in [0.1, 0.15) is 6.10 Å². The number of esters is 2. The summed E-state index contributed by atoms with van der Waals surface area (Å²) in [5.74, 6) is -4.07. The average Bonchev–Trinajstić information content (AvgIpc) is 2.91. The molecule has 0 saturated heterocycles. The molecule has 1 heterocycles. The van der Waals surface area contributed by atoms with Crippen LogP contribution in [0, 0.1) is 17.3 Å². The third-order valence-corrected chi connectivity index (χ3v) is 7.05. The first-order valence-corrected chi connectivity index (χ1v) is 10.3. The molecule has 1 aliphatic heterocycles. The first-order valence-electron chi connectivity index (χ1n) is 10.3. The van der Waals surface area contributed by atoms with Gasteiger partial charge in [-0.3, -0.25) is 4.79 Å². The summed E-state index contributed by atoms with van der Waals surface area (Å²) in [5.41, 5.74) is 0.361. The van der Waals surface area contributed by atoms with Gasteiger partial charge in [0.2, 0.25) is 5.79 Å². The molecule has 2 fully saturated rings. The van der Waals surface area contributed by atoms with Gasteiger partial charge in [-0.1, -0.05) is 19.4 Å². The van der Waals surface area contributed by atoms with Gasteiger partial charge in [0.05, 0.1) is 11.5 Å². The van der Waals surface area contributed by atoms with Crippen molar-refractivity contribution in [1.29, 1.82) is 0 Å². The third-order valence-electron chi connectivity index (χ3n) is 7.05. The molecule has 29 heavy (non-hydrogen) atoms. The summed E-state index contributed by atoms with van der Waals surface area (Å²) >= 11 is 0. The van der Waals surface area contributed by atoms with Crippen molar-refractivity contribution in [3.63, 3.8) is 0 Å². The summed E-state index contributed by atoms with van der Waals surface area (Å²) in [6.45, 7) is 9.01. The van der Waals surface area contributed by atoms with Crippen LogP contribution in [-0.4, -0.2) is 41.5 Å². The summed E-state index contributed by atoms with van der Waals surface area (Å²) < 4.78 is 17.6. The van der Waals surface area contributed by atoms with Gasteiger partial charge in [0.25, 0.3) is 0 Å². The van der Waals surface area contributed by atoms with E-state index >= 15 is 0 Å². The lowest BCUT2D eigenvalue weighted by atomic mass is 9.51. The highest BCUT2D eigenvalue weighted by atomic mass is 16.7. The van der Waals surface area contributed by atoms with E-state index in [9.17, 15) is 19.5 Å². The summed E-state index contributed by atoms with van der Waals surface area (Å²) in [6.07, 6.45) is 3.12. The molecule has 0 aromatic rings. The van der Waals surface area contributed by atoms with E-state index in [1.54, 1.807) is 26.8 Å². The SMILES string of the molecule is C/C=C(/C)C(=O)O[C@@H]1C2=C(C)C(=O)O[C@]2(OCC)C[C@H]2CCC[C@H](C(=O)O)[C@]21C. The molecule has 2 saturated carbocycles. The van der Waals surface area contributed by atoms with E-state index in [-0.39, 0.29) is 5.92 Å². The topological polar surface area (TPSA) is 99.1 Å². The van der Waals surface area contributed by atoms with Crippen LogP contribution in [0.3, 0.4) is 0 Å². The zero-order valence-corrected chi connectivity index (χ0v) is 17.7. The molecular formula is C22H30O7. The van der Waals surface area contributed by atoms with Crippen molar-refractivity contribution in [2.75, 3.05) is 6.61 Å². The molecule has 3 rings (SSSR count). The maximum Gasteiger partial charge on any atom is 0.336 e. The number of carbonyl (C=O) groups excluding carboxylic acids is 2. The largest absolute Gasteiger partial charge is 0.481 e. The van der Waals surface area contributed by atoms with Crippen LogP contribution in [0.2, 0.25) is 0 Å². The van der Waals surface area contributed by atoms with E-state index in [0.29, 0.717) is 36.2 Å². The van der Waals surface area contributed by atoms with Crippen LogP contribution in [0.4, 0.5) is 0 Å². The second-order valence-corrected chi connectivity index (χ2v) is 8.46. The van der Waals surface area contributed by atoms with Gasteiger partial charge in [0, 0.05) is 29.6 Å². The fourth-order valence-electron chi connectivity index (χ4n) is 5.35. The molecule has 160 valence electrons.